The number of furan rings is 1. The standard InChI is InChI=1S/C14H19BrClN3O/c1-4-6-17-11(10-5-7-20-14(10)15)8-12-13(16)9(2)18-19(12)3/h5,7,11,17H,4,6,8H2,1-3H3. The van der Waals surface area contributed by atoms with Gasteiger partial charge in [-0.15, -0.1) is 0 Å². The molecule has 0 radical (unpaired) electrons. The molecule has 20 heavy (non-hydrogen) atoms. The Morgan fingerprint density at radius 1 is 1.55 bits per heavy atom. The molecule has 0 aliphatic rings. The van der Waals surface area contributed by atoms with Crippen LogP contribution in [0.4, 0.5) is 0 Å². The predicted molar refractivity (Wildman–Crippen MR) is 84.1 cm³/mol. The number of halogens is 2. The van der Waals surface area contributed by atoms with Gasteiger partial charge in [-0.3, -0.25) is 4.68 Å². The van der Waals surface area contributed by atoms with Crippen molar-refractivity contribution in [2.75, 3.05) is 6.54 Å². The summed E-state index contributed by atoms with van der Waals surface area (Å²) < 4.78 is 7.97. The van der Waals surface area contributed by atoms with Gasteiger partial charge in [0.05, 0.1) is 22.7 Å². The van der Waals surface area contributed by atoms with Crippen LogP contribution in [0.15, 0.2) is 21.4 Å². The maximum Gasteiger partial charge on any atom is 0.173 e. The molecule has 0 fully saturated rings. The summed E-state index contributed by atoms with van der Waals surface area (Å²) >= 11 is 9.80. The van der Waals surface area contributed by atoms with Crippen LogP contribution >= 0.6 is 27.5 Å². The Balaban J connectivity index is 2.26. The molecular formula is C14H19BrClN3O. The molecule has 1 N–H and O–H groups in total. The smallest absolute Gasteiger partial charge is 0.173 e. The van der Waals surface area contributed by atoms with Crippen molar-refractivity contribution in [3.05, 3.63) is 39.0 Å². The first-order chi connectivity index (χ1) is 9.54. The Morgan fingerprint density at radius 2 is 2.30 bits per heavy atom. The van der Waals surface area contributed by atoms with Gasteiger partial charge in [-0.2, -0.15) is 5.10 Å². The Morgan fingerprint density at radius 3 is 2.80 bits per heavy atom. The number of nitrogens with zero attached hydrogens (tertiary/aromatic N) is 2. The van der Waals surface area contributed by atoms with Crippen molar-refractivity contribution in [2.45, 2.75) is 32.7 Å². The summed E-state index contributed by atoms with van der Waals surface area (Å²) in [5.74, 6) is 0. The second-order valence-electron chi connectivity index (χ2n) is 4.83. The van der Waals surface area contributed by atoms with Crippen molar-refractivity contribution in [3.8, 4) is 0 Å². The van der Waals surface area contributed by atoms with E-state index in [1.54, 1.807) is 6.26 Å². The monoisotopic (exact) mass is 359 g/mol. The van der Waals surface area contributed by atoms with Crippen LogP contribution in [0.3, 0.4) is 0 Å². The highest BCUT2D eigenvalue weighted by atomic mass is 79.9. The minimum absolute atomic E-state index is 0.148. The lowest BCUT2D eigenvalue weighted by Crippen LogP contribution is -2.25. The lowest BCUT2D eigenvalue weighted by molar-refractivity contribution is 0.488. The molecule has 1 unspecified atom stereocenters. The summed E-state index contributed by atoms with van der Waals surface area (Å²) in [7, 11) is 1.93. The third kappa shape index (κ3) is 3.27. The maximum absolute atomic E-state index is 6.35. The highest BCUT2D eigenvalue weighted by molar-refractivity contribution is 9.10. The van der Waals surface area contributed by atoms with Crippen LogP contribution < -0.4 is 5.32 Å². The van der Waals surface area contributed by atoms with Crippen molar-refractivity contribution in [2.24, 2.45) is 7.05 Å². The molecule has 0 amide bonds. The van der Waals surface area contributed by atoms with E-state index in [1.807, 2.05) is 24.7 Å². The Bertz CT molecular complexity index is 579. The van der Waals surface area contributed by atoms with Gasteiger partial charge in [-0.1, -0.05) is 18.5 Å². The zero-order chi connectivity index (χ0) is 14.7. The van der Waals surface area contributed by atoms with E-state index in [1.165, 1.54) is 0 Å². The predicted octanol–water partition coefficient (Wildman–Crippen LogP) is 4.02. The van der Waals surface area contributed by atoms with Crippen LogP contribution in [-0.2, 0) is 13.5 Å². The van der Waals surface area contributed by atoms with Crippen LogP contribution in [0.25, 0.3) is 0 Å². The van der Waals surface area contributed by atoms with Gasteiger partial charge in [-0.05, 0) is 41.9 Å². The summed E-state index contributed by atoms with van der Waals surface area (Å²) in [4.78, 5) is 0. The average molecular weight is 361 g/mol. The Labute approximate surface area is 132 Å². The van der Waals surface area contributed by atoms with Gasteiger partial charge in [0.2, 0.25) is 0 Å². The fraction of sp³-hybridized carbons (Fsp3) is 0.500. The van der Waals surface area contributed by atoms with E-state index in [4.69, 9.17) is 16.0 Å². The summed E-state index contributed by atoms with van der Waals surface area (Å²) in [5.41, 5.74) is 3.00. The zero-order valence-corrected chi connectivity index (χ0v) is 14.3. The number of rotatable bonds is 6. The minimum Gasteiger partial charge on any atom is -0.457 e. The van der Waals surface area contributed by atoms with Gasteiger partial charge in [0.1, 0.15) is 0 Å². The molecule has 0 saturated heterocycles. The molecule has 0 bridgehead atoms. The third-order valence-electron chi connectivity index (χ3n) is 3.32. The average Bonchev–Trinajstić information content (AvgIpc) is 2.93. The normalized spacial score (nSPS) is 12.8. The highest BCUT2D eigenvalue weighted by Crippen LogP contribution is 2.30. The minimum atomic E-state index is 0.148. The van der Waals surface area contributed by atoms with Crippen LogP contribution in [0.2, 0.25) is 5.02 Å². The molecule has 1 atom stereocenters. The van der Waals surface area contributed by atoms with Gasteiger partial charge in [0, 0.05) is 25.1 Å². The summed E-state index contributed by atoms with van der Waals surface area (Å²) in [5, 5.41) is 8.65. The van der Waals surface area contributed by atoms with Gasteiger partial charge < -0.3 is 9.73 Å². The van der Waals surface area contributed by atoms with E-state index in [0.717, 1.165) is 46.0 Å². The third-order valence-corrected chi connectivity index (χ3v) is 4.46. The molecule has 2 heterocycles. The number of hydrogen-bond donors (Lipinski definition) is 1. The van der Waals surface area contributed by atoms with Crippen molar-refractivity contribution in [1.82, 2.24) is 15.1 Å². The van der Waals surface area contributed by atoms with Crippen LogP contribution in [-0.4, -0.2) is 16.3 Å². The quantitative estimate of drug-likeness (QED) is 0.846. The first-order valence-electron chi connectivity index (χ1n) is 6.68. The van der Waals surface area contributed by atoms with Gasteiger partial charge in [0.25, 0.3) is 0 Å². The van der Waals surface area contributed by atoms with Crippen molar-refractivity contribution < 1.29 is 4.42 Å². The van der Waals surface area contributed by atoms with Gasteiger partial charge >= 0.3 is 0 Å². The second-order valence-corrected chi connectivity index (χ2v) is 5.93. The molecule has 4 nitrogen and oxygen atoms in total. The number of aromatic nitrogens is 2. The first kappa shape index (κ1) is 15.6. The van der Waals surface area contributed by atoms with Crippen LogP contribution in [0, 0.1) is 6.92 Å². The van der Waals surface area contributed by atoms with E-state index >= 15 is 0 Å². The number of hydrogen-bond acceptors (Lipinski definition) is 3. The van der Waals surface area contributed by atoms with Gasteiger partial charge in [0.15, 0.2) is 4.67 Å². The van der Waals surface area contributed by atoms with E-state index < -0.39 is 0 Å². The molecule has 0 aromatic carbocycles. The number of aryl methyl sites for hydroxylation is 2. The molecule has 0 aliphatic heterocycles. The molecule has 2 aromatic rings. The van der Waals surface area contributed by atoms with Crippen molar-refractivity contribution in [1.29, 1.82) is 0 Å². The molecule has 110 valence electrons. The van der Waals surface area contributed by atoms with E-state index in [0.29, 0.717) is 0 Å². The second kappa shape index (κ2) is 6.78. The molecule has 0 spiro atoms. The lowest BCUT2D eigenvalue weighted by Gasteiger charge is -2.18. The Kier molecular flexibility index (Phi) is 5.29. The molecular weight excluding hydrogens is 342 g/mol. The van der Waals surface area contributed by atoms with Crippen LogP contribution in [0.1, 0.15) is 36.3 Å². The first-order valence-corrected chi connectivity index (χ1v) is 7.86. The maximum atomic E-state index is 6.35. The highest BCUT2D eigenvalue weighted by Gasteiger charge is 2.21. The van der Waals surface area contributed by atoms with E-state index in [2.05, 4.69) is 33.3 Å². The molecule has 0 saturated carbocycles. The largest absolute Gasteiger partial charge is 0.457 e. The molecule has 2 rings (SSSR count). The summed E-state index contributed by atoms with van der Waals surface area (Å²) in [6.07, 6.45) is 3.54. The topological polar surface area (TPSA) is 43.0 Å². The van der Waals surface area contributed by atoms with Crippen LogP contribution in [0.5, 0.6) is 0 Å². The number of nitrogens with one attached hydrogen (secondary N) is 1. The van der Waals surface area contributed by atoms with E-state index in [-0.39, 0.29) is 6.04 Å². The summed E-state index contributed by atoms with van der Waals surface area (Å²) in [6, 6.07) is 2.13. The van der Waals surface area contributed by atoms with E-state index in [9.17, 15) is 0 Å². The molecule has 2 aromatic heterocycles. The fourth-order valence-electron chi connectivity index (χ4n) is 2.26. The SMILES string of the molecule is CCCNC(Cc1c(Cl)c(C)nn1C)c1ccoc1Br. The fourth-order valence-corrected chi connectivity index (χ4v) is 3.01. The zero-order valence-electron chi connectivity index (χ0n) is 11.9. The molecule has 6 heteroatoms. The lowest BCUT2D eigenvalue weighted by atomic mass is 10.0. The van der Waals surface area contributed by atoms with Crippen molar-refractivity contribution >= 4 is 27.5 Å². The van der Waals surface area contributed by atoms with Gasteiger partial charge in [-0.25, -0.2) is 0 Å². The summed E-state index contributed by atoms with van der Waals surface area (Å²) in [6.45, 7) is 5.01. The molecule has 0 aliphatic carbocycles. The Hall–Kier alpha value is -0.780. The van der Waals surface area contributed by atoms with Crippen molar-refractivity contribution in [3.63, 3.8) is 0 Å².